The van der Waals surface area contributed by atoms with Gasteiger partial charge in [-0.15, -0.1) is 0 Å². The van der Waals surface area contributed by atoms with Gasteiger partial charge in [-0.2, -0.15) is 0 Å². The van der Waals surface area contributed by atoms with Crippen molar-refractivity contribution in [3.05, 3.63) is 28.8 Å². The molecule has 18 heavy (non-hydrogen) atoms. The summed E-state index contributed by atoms with van der Waals surface area (Å²) in [5, 5.41) is 0.0177. The van der Waals surface area contributed by atoms with Crippen molar-refractivity contribution in [2.24, 2.45) is 0 Å². The van der Waals surface area contributed by atoms with E-state index in [2.05, 4.69) is 0 Å². The Balaban J connectivity index is 2.97. The maximum absolute atomic E-state index is 11.3. The summed E-state index contributed by atoms with van der Waals surface area (Å²) in [7, 11) is 3.09. The van der Waals surface area contributed by atoms with Gasteiger partial charge >= 0.3 is 5.97 Å². The monoisotopic (exact) mass is 270 g/mol. The van der Waals surface area contributed by atoms with Crippen LogP contribution in [-0.2, 0) is 9.53 Å². The first-order valence-electron chi connectivity index (χ1n) is 5.38. The molecule has 0 heterocycles. The molecule has 0 saturated carbocycles. The van der Waals surface area contributed by atoms with Gasteiger partial charge in [-0.3, -0.25) is 0 Å². The Labute approximate surface area is 111 Å². The highest BCUT2D eigenvalue weighted by Gasteiger charge is 2.08. The van der Waals surface area contributed by atoms with Crippen LogP contribution in [0.2, 0.25) is 0 Å². The lowest BCUT2D eigenvalue weighted by Crippen LogP contribution is -2.03. The van der Waals surface area contributed by atoms with Gasteiger partial charge in [0, 0.05) is 0 Å². The van der Waals surface area contributed by atoms with Crippen molar-refractivity contribution in [3.8, 4) is 11.5 Å². The number of esters is 1. The number of carbonyl (C=O) groups excluding carboxylic acids is 1. The van der Waals surface area contributed by atoms with Crippen LogP contribution in [0.15, 0.2) is 23.2 Å². The first-order chi connectivity index (χ1) is 8.62. The molecule has 0 spiro atoms. The van der Waals surface area contributed by atoms with E-state index in [1.807, 2.05) is 0 Å². The number of benzene rings is 1. The van der Waals surface area contributed by atoms with Crippen LogP contribution in [0.1, 0.15) is 12.5 Å². The Kier molecular flexibility index (Phi) is 5.52. The SMILES string of the molecule is CCOC(=O)C(Cl)=Cc1ccc(OC)c(OC)c1. The van der Waals surface area contributed by atoms with Gasteiger partial charge in [0.15, 0.2) is 11.5 Å². The van der Waals surface area contributed by atoms with Crippen LogP contribution in [0.5, 0.6) is 11.5 Å². The fraction of sp³-hybridized carbons (Fsp3) is 0.308. The van der Waals surface area contributed by atoms with Gasteiger partial charge in [0.1, 0.15) is 5.03 Å². The number of hydrogen-bond donors (Lipinski definition) is 0. The first kappa shape index (κ1) is 14.4. The van der Waals surface area contributed by atoms with Crippen LogP contribution in [0, 0.1) is 0 Å². The number of rotatable bonds is 5. The predicted molar refractivity (Wildman–Crippen MR) is 70.0 cm³/mol. The second-order valence-electron chi connectivity index (χ2n) is 3.33. The van der Waals surface area contributed by atoms with Gasteiger partial charge in [0.05, 0.1) is 20.8 Å². The van der Waals surface area contributed by atoms with E-state index >= 15 is 0 Å². The van der Waals surface area contributed by atoms with E-state index < -0.39 is 5.97 Å². The third-order valence-corrected chi connectivity index (χ3v) is 2.43. The molecule has 98 valence electrons. The van der Waals surface area contributed by atoms with Crippen molar-refractivity contribution < 1.29 is 19.0 Å². The first-order valence-corrected chi connectivity index (χ1v) is 5.76. The lowest BCUT2D eigenvalue weighted by atomic mass is 10.2. The van der Waals surface area contributed by atoms with Crippen molar-refractivity contribution >= 4 is 23.6 Å². The molecule has 0 bridgehead atoms. The largest absolute Gasteiger partial charge is 0.493 e. The molecule has 0 aliphatic rings. The minimum atomic E-state index is -0.547. The van der Waals surface area contributed by atoms with Crippen LogP contribution in [-0.4, -0.2) is 26.8 Å². The molecule has 0 unspecified atom stereocenters. The van der Waals surface area contributed by atoms with Crippen molar-refractivity contribution in [2.45, 2.75) is 6.92 Å². The van der Waals surface area contributed by atoms with Crippen molar-refractivity contribution in [3.63, 3.8) is 0 Å². The molecule has 1 rings (SSSR count). The van der Waals surface area contributed by atoms with Gasteiger partial charge < -0.3 is 14.2 Å². The predicted octanol–water partition coefficient (Wildman–Crippen LogP) is 2.85. The molecule has 0 N–H and O–H groups in total. The van der Waals surface area contributed by atoms with Crippen molar-refractivity contribution in [2.75, 3.05) is 20.8 Å². The summed E-state index contributed by atoms with van der Waals surface area (Å²) in [6.07, 6.45) is 1.52. The summed E-state index contributed by atoms with van der Waals surface area (Å²) in [5.74, 6) is 0.635. The molecule has 0 atom stereocenters. The number of ether oxygens (including phenoxy) is 3. The smallest absolute Gasteiger partial charge is 0.349 e. The molecule has 0 aliphatic heterocycles. The Hall–Kier alpha value is -1.68. The maximum Gasteiger partial charge on any atom is 0.349 e. The van der Waals surface area contributed by atoms with E-state index in [9.17, 15) is 4.79 Å². The van der Waals surface area contributed by atoms with Crippen LogP contribution in [0.25, 0.3) is 6.08 Å². The second kappa shape index (κ2) is 6.91. The normalized spacial score (nSPS) is 11.0. The quantitative estimate of drug-likeness (QED) is 0.610. The van der Waals surface area contributed by atoms with E-state index in [4.69, 9.17) is 25.8 Å². The van der Waals surface area contributed by atoms with Crippen LogP contribution in [0.4, 0.5) is 0 Å². The minimum Gasteiger partial charge on any atom is -0.493 e. The highest BCUT2D eigenvalue weighted by Crippen LogP contribution is 2.28. The van der Waals surface area contributed by atoms with Gasteiger partial charge in [-0.25, -0.2) is 4.79 Å². The highest BCUT2D eigenvalue weighted by molar-refractivity contribution is 6.43. The topological polar surface area (TPSA) is 44.8 Å². The van der Waals surface area contributed by atoms with Gasteiger partial charge in [0.2, 0.25) is 0 Å². The molecule has 0 radical (unpaired) electrons. The molecule has 0 amide bonds. The van der Waals surface area contributed by atoms with Crippen LogP contribution >= 0.6 is 11.6 Å². The van der Waals surface area contributed by atoms with Gasteiger partial charge in [0.25, 0.3) is 0 Å². The zero-order valence-electron chi connectivity index (χ0n) is 10.5. The average Bonchev–Trinajstić information content (AvgIpc) is 2.38. The fourth-order valence-corrected chi connectivity index (χ4v) is 1.53. The third kappa shape index (κ3) is 3.67. The Morgan fingerprint density at radius 1 is 1.28 bits per heavy atom. The Morgan fingerprint density at radius 2 is 1.94 bits per heavy atom. The Bertz CT molecular complexity index is 454. The lowest BCUT2D eigenvalue weighted by Gasteiger charge is -2.08. The fourth-order valence-electron chi connectivity index (χ4n) is 1.35. The van der Waals surface area contributed by atoms with Gasteiger partial charge in [-0.1, -0.05) is 17.7 Å². The van der Waals surface area contributed by atoms with Crippen molar-refractivity contribution in [1.29, 1.82) is 0 Å². The van der Waals surface area contributed by atoms with Crippen molar-refractivity contribution in [1.82, 2.24) is 0 Å². The summed E-state index contributed by atoms with van der Waals surface area (Å²) in [4.78, 5) is 11.3. The molecule has 5 heteroatoms. The highest BCUT2D eigenvalue weighted by atomic mass is 35.5. The molecule has 1 aromatic rings. The van der Waals surface area contributed by atoms with E-state index in [0.29, 0.717) is 11.5 Å². The number of methoxy groups -OCH3 is 2. The summed E-state index contributed by atoms with van der Waals surface area (Å²) in [5.41, 5.74) is 0.728. The molecular formula is C13H15ClO4. The molecule has 0 aliphatic carbocycles. The lowest BCUT2D eigenvalue weighted by molar-refractivity contribution is -0.137. The summed E-state index contributed by atoms with van der Waals surface area (Å²) >= 11 is 5.83. The van der Waals surface area contributed by atoms with Crippen LogP contribution < -0.4 is 9.47 Å². The standard InChI is InChI=1S/C13H15ClO4/c1-4-18-13(15)10(14)7-9-5-6-11(16-2)12(8-9)17-3/h5-8H,4H2,1-3H3. The second-order valence-corrected chi connectivity index (χ2v) is 3.73. The zero-order valence-corrected chi connectivity index (χ0v) is 11.3. The summed E-state index contributed by atoms with van der Waals surface area (Å²) in [6.45, 7) is 2.01. The molecular weight excluding hydrogens is 256 g/mol. The van der Waals surface area contributed by atoms with Crippen LogP contribution in [0.3, 0.4) is 0 Å². The van der Waals surface area contributed by atoms with E-state index in [1.54, 1.807) is 32.2 Å². The van der Waals surface area contributed by atoms with E-state index in [-0.39, 0.29) is 11.6 Å². The Morgan fingerprint density at radius 3 is 2.50 bits per heavy atom. The third-order valence-electron chi connectivity index (χ3n) is 2.17. The van der Waals surface area contributed by atoms with E-state index in [1.165, 1.54) is 13.2 Å². The molecule has 4 nitrogen and oxygen atoms in total. The number of halogens is 1. The number of hydrogen-bond acceptors (Lipinski definition) is 4. The zero-order chi connectivity index (χ0) is 13.5. The molecule has 0 fully saturated rings. The molecule has 1 aromatic carbocycles. The summed E-state index contributed by atoms with van der Waals surface area (Å²) in [6, 6.07) is 5.23. The maximum atomic E-state index is 11.3. The minimum absolute atomic E-state index is 0.0177. The van der Waals surface area contributed by atoms with E-state index in [0.717, 1.165) is 5.56 Å². The number of carbonyl (C=O) groups is 1. The average molecular weight is 271 g/mol. The molecule has 0 saturated heterocycles. The van der Waals surface area contributed by atoms with Gasteiger partial charge in [-0.05, 0) is 30.7 Å². The summed E-state index contributed by atoms with van der Waals surface area (Å²) < 4.78 is 15.0. The molecule has 0 aromatic heterocycles.